The molecule has 24 heavy (non-hydrogen) atoms. The van der Waals surface area contributed by atoms with Gasteiger partial charge in [-0.05, 0) is 17.7 Å². The van der Waals surface area contributed by atoms with Crippen LogP contribution in [0.4, 0.5) is 11.4 Å². The van der Waals surface area contributed by atoms with Gasteiger partial charge in [-0.1, -0.05) is 43.9 Å². The molecule has 3 rings (SSSR count). The fraction of sp³-hybridized carbons (Fsp3) is 0.211. The molecular weight excluding hydrogens is 320 g/mol. The van der Waals surface area contributed by atoms with E-state index in [2.05, 4.69) is 44.4 Å². The van der Waals surface area contributed by atoms with Crippen LogP contribution in [0.5, 0.6) is 0 Å². The number of aliphatic imine (C=N–C) groups is 1. The molecule has 0 saturated heterocycles. The molecule has 0 saturated carbocycles. The summed E-state index contributed by atoms with van der Waals surface area (Å²) in [4.78, 5) is 15.8. The van der Waals surface area contributed by atoms with E-state index < -0.39 is 4.92 Å². The van der Waals surface area contributed by atoms with Gasteiger partial charge in [-0.25, -0.2) is 0 Å². The van der Waals surface area contributed by atoms with Crippen LogP contribution in [0.1, 0.15) is 31.4 Å². The highest BCUT2D eigenvalue weighted by molar-refractivity contribution is 7.80. The molecule has 0 spiro atoms. The lowest BCUT2D eigenvalue weighted by atomic mass is 9.80. The van der Waals surface area contributed by atoms with Gasteiger partial charge in [0.05, 0.1) is 10.6 Å². The number of non-ortho nitro benzene ring substituents is 1. The molecule has 0 aromatic heterocycles. The number of benzene rings is 2. The van der Waals surface area contributed by atoms with E-state index in [4.69, 9.17) is 4.99 Å². The maximum Gasteiger partial charge on any atom is 0.270 e. The Balaban J connectivity index is 1.85. The van der Waals surface area contributed by atoms with Crippen LogP contribution in [0.25, 0.3) is 0 Å². The van der Waals surface area contributed by atoms with Gasteiger partial charge in [0, 0.05) is 40.1 Å². The van der Waals surface area contributed by atoms with Crippen molar-refractivity contribution in [2.24, 2.45) is 4.99 Å². The summed E-state index contributed by atoms with van der Waals surface area (Å²) < 4.78 is 0. The molecule has 1 heterocycles. The van der Waals surface area contributed by atoms with Gasteiger partial charge >= 0.3 is 0 Å². The van der Waals surface area contributed by atoms with Crippen molar-refractivity contribution >= 4 is 29.7 Å². The topological polar surface area (TPSA) is 55.5 Å². The first kappa shape index (κ1) is 16.3. The Hall–Kier alpha value is -2.58. The predicted octanol–water partition coefficient (Wildman–Crippen LogP) is 4.69. The fourth-order valence-corrected chi connectivity index (χ4v) is 2.96. The van der Waals surface area contributed by atoms with Crippen LogP contribution in [0, 0.1) is 22.0 Å². The predicted molar refractivity (Wildman–Crippen MR) is 98.4 cm³/mol. The number of hydrogen-bond donors (Lipinski definition) is 1. The molecule has 1 aliphatic rings. The standard InChI is InChI=1S/C19H16N2O2S/c1-19(2)15-7-3-4-8-16(15)20-18(19)9-5-6-13-12-14(21(22)23)10-11-17(13)24/h3-4,7-8,10-12,24H,9H2,1-2H3. The molecule has 1 aliphatic heterocycles. The Morgan fingerprint density at radius 3 is 2.71 bits per heavy atom. The maximum atomic E-state index is 10.9. The van der Waals surface area contributed by atoms with E-state index >= 15 is 0 Å². The van der Waals surface area contributed by atoms with E-state index in [1.807, 2.05) is 18.2 Å². The molecule has 0 atom stereocenters. The van der Waals surface area contributed by atoms with Gasteiger partial charge in [0.25, 0.3) is 5.69 Å². The van der Waals surface area contributed by atoms with Gasteiger partial charge in [0.15, 0.2) is 0 Å². The highest BCUT2D eigenvalue weighted by Gasteiger charge is 2.33. The summed E-state index contributed by atoms with van der Waals surface area (Å²) in [7, 11) is 0. The third-order valence-electron chi connectivity index (χ3n) is 4.22. The van der Waals surface area contributed by atoms with Gasteiger partial charge in [-0.2, -0.15) is 0 Å². The zero-order valence-corrected chi connectivity index (χ0v) is 14.3. The summed E-state index contributed by atoms with van der Waals surface area (Å²) in [6.45, 7) is 4.27. The summed E-state index contributed by atoms with van der Waals surface area (Å²) in [5.74, 6) is 6.08. The number of para-hydroxylation sites is 1. The Morgan fingerprint density at radius 1 is 1.25 bits per heavy atom. The SMILES string of the molecule is CC1(C)C(CC#Cc2cc([N+](=O)[O-])ccc2S)=Nc2ccccc21. The number of rotatable bonds is 2. The highest BCUT2D eigenvalue weighted by Crippen LogP contribution is 2.40. The maximum absolute atomic E-state index is 10.9. The van der Waals surface area contributed by atoms with E-state index in [0.29, 0.717) is 16.9 Å². The smallest absolute Gasteiger partial charge is 0.258 e. The lowest BCUT2D eigenvalue weighted by molar-refractivity contribution is -0.384. The van der Waals surface area contributed by atoms with Crippen LogP contribution in [0.15, 0.2) is 52.4 Å². The number of fused-ring (bicyclic) bond motifs is 1. The van der Waals surface area contributed by atoms with Crippen molar-refractivity contribution < 1.29 is 4.92 Å². The summed E-state index contributed by atoms with van der Waals surface area (Å²) in [6.07, 6.45) is 0.511. The van der Waals surface area contributed by atoms with Crippen molar-refractivity contribution in [1.82, 2.24) is 0 Å². The molecular formula is C19H16N2O2S. The molecule has 0 radical (unpaired) electrons. The minimum atomic E-state index is -0.431. The average Bonchev–Trinajstić information content (AvgIpc) is 2.80. The molecule has 120 valence electrons. The first-order chi connectivity index (χ1) is 11.4. The second kappa shape index (κ2) is 6.14. The molecule has 4 nitrogen and oxygen atoms in total. The van der Waals surface area contributed by atoms with E-state index in [1.54, 1.807) is 6.07 Å². The number of nitro benzene ring substituents is 1. The minimum Gasteiger partial charge on any atom is -0.258 e. The van der Waals surface area contributed by atoms with E-state index in [0.717, 1.165) is 11.4 Å². The number of nitrogens with zero attached hydrogens (tertiary/aromatic N) is 2. The van der Waals surface area contributed by atoms with Crippen molar-refractivity contribution in [3.63, 3.8) is 0 Å². The number of thiol groups is 1. The monoisotopic (exact) mass is 336 g/mol. The van der Waals surface area contributed by atoms with Crippen LogP contribution < -0.4 is 0 Å². The van der Waals surface area contributed by atoms with Crippen molar-refractivity contribution in [1.29, 1.82) is 0 Å². The van der Waals surface area contributed by atoms with Crippen LogP contribution in [0.3, 0.4) is 0 Å². The first-order valence-corrected chi connectivity index (χ1v) is 7.98. The van der Waals surface area contributed by atoms with Crippen LogP contribution in [-0.2, 0) is 5.41 Å². The zero-order chi connectivity index (χ0) is 17.3. The largest absolute Gasteiger partial charge is 0.270 e. The summed E-state index contributed by atoms with van der Waals surface area (Å²) in [5, 5.41) is 10.9. The Labute approximate surface area is 146 Å². The molecule has 2 aromatic rings. The lowest BCUT2D eigenvalue weighted by Gasteiger charge is -2.20. The van der Waals surface area contributed by atoms with Gasteiger partial charge in [0.1, 0.15) is 0 Å². The minimum absolute atomic E-state index is 0.0167. The Morgan fingerprint density at radius 2 is 2.00 bits per heavy atom. The lowest BCUT2D eigenvalue weighted by Crippen LogP contribution is -2.24. The van der Waals surface area contributed by atoms with Gasteiger partial charge in [-0.3, -0.25) is 15.1 Å². The highest BCUT2D eigenvalue weighted by atomic mass is 32.1. The fourth-order valence-electron chi connectivity index (χ4n) is 2.76. The molecule has 0 bridgehead atoms. The van der Waals surface area contributed by atoms with Gasteiger partial charge in [0.2, 0.25) is 0 Å². The van der Waals surface area contributed by atoms with Crippen LogP contribution in [0.2, 0.25) is 0 Å². The molecule has 0 unspecified atom stereocenters. The Bertz CT molecular complexity index is 920. The molecule has 2 aromatic carbocycles. The molecule has 0 fully saturated rings. The molecule has 0 amide bonds. The van der Waals surface area contributed by atoms with Gasteiger partial charge in [-0.15, -0.1) is 12.6 Å². The Kier molecular flexibility index (Phi) is 4.16. The first-order valence-electron chi connectivity index (χ1n) is 7.53. The van der Waals surface area contributed by atoms with Crippen molar-refractivity contribution in [3.8, 4) is 11.8 Å². The third-order valence-corrected chi connectivity index (χ3v) is 4.61. The number of nitro groups is 1. The molecule has 5 heteroatoms. The second-order valence-electron chi connectivity index (χ2n) is 6.14. The van der Waals surface area contributed by atoms with E-state index in [1.165, 1.54) is 17.7 Å². The molecule has 0 N–H and O–H groups in total. The van der Waals surface area contributed by atoms with Gasteiger partial charge < -0.3 is 0 Å². The third kappa shape index (κ3) is 2.93. The van der Waals surface area contributed by atoms with Crippen LogP contribution >= 0.6 is 12.6 Å². The molecule has 0 aliphatic carbocycles. The van der Waals surface area contributed by atoms with Crippen molar-refractivity contribution in [2.45, 2.75) is 30.6 Å². The quantitative estimate of drug-likeness (QED) is 0.374. The normalized spacial score (nSPS) is 14.4. The summed E-state index contributed by atoms with van der Waals surface area (Å²) in [5.41, 5.74) is 3.61. The second-order valence-corrected chi connectivity index (χ2v) is 6.62. The van der Waals surface area contributed by atoms with E-state index in [9.17, 15) is 10.1 Å². The van der Waals surface area contributed by atoms with Crippen molar-refractivity contribution in [2.75, 3.05) is 0 Å². The number of hydrogen-bond acceptors (Lipinski definition) is 4. The zero-order valence-electron chi connectivity index (χ0n) is 13.4. The average molecular weight is 336 g/mol. The van der Waals surface area contributed by atoms with E-state index in [-0.39, 0.29) is 11.1 Å². The van der Waals surface area contributed by atoms with Crippen molar-refractivity contribution in [3.05, 3.63) is 63.7 Å². The summed E-state index contributed by atoms with van der Waals surface area (Å²) in [6, 6.07) is 12.6. The summed E-state index contributed by atoms with van der Waals surface area (Å²) >= 11 is 4.32. The van der Waals surface area contributed by atoms with Crippen LogP contribution in [-0.4, -0.2) is 10.6 Å².